The molecule has 0 rings (SSSR count). The summed E-state index contributed by atoms with van der Waals surface area (Å²) in [5, 5.41) is 0. The first-order chi connectivity index (χ1) is 4.15. The molecule has 0 N–H and O–H groups in total. The van der Waals surface area contributed by atoms with Gasteiger partial charge < -0.3 is 0 Å². The van der Waals surface area contributed by atoms with Crippen LogP contribution in [0.4, 0.5) is 0 Å². The van der Waals surface area contributed by atoms with Gasteiger partial charge in [-0.3, -0.25) is 4.79 Å². The van der Waals surface area contributed by atoms with Crippen LogP contribution in [0.1, 0.15) is 6.92 Å². The lowest BCUT2D eigenvalue weighted by molar-refractivity contribution is -0.104. The number of hydrogen-bond donors (Lipinski definition) is 0. The highest BCUT2D eigenvalue weighted by Crippen LogP contribution is 1.98. The number of rotatable bonds is 1. The normalized spacial score (nSPS) is 7.89. The summed E-state index contributed by atoms with van der Waals surface area (Å²) < 4.78 is 0.111. The van der Waals surface area contributed by atoms with Gasteiger partial charge in [-0.25, -0.2) is 0 Å². The quantitative estimate of drug-likeness (QED) is 0.433. The third-order valence-electron chi connectivity index (χ3n) is 0.271. The lowest BCUT2D eigenvalue weighted by atomic mass is 10.6. The van der Waals surface area contributed by atoms with Crippen LogP contribution in [0.5, 0.6) is 0 Å². The molecule has 0 fully saturated rings. The second-order valence-corrected chi connectivity index (χ2v) is 2.11. The van der Waals surface area contributed by atoms with E-state index in [2.05, 4.69) is 6.58 Å². The molecule has 0 aromatic rings. The zero-order chi connectivity index (χ0) is 7.70. The van der Waals surface area contributed by atoms with Crippen molar-refractivity contribution < 1.29 is 4.79 Å². The van der Waals surface area contributed by atoms with Crippen molar-refractivity contribution in [3.63, 3.8) is 0 Å². The van der Waals surface area contributed by atoms with Crippen LogP contribution >= 0.6 is 23.2 Å². The molecule has 0 aliphatic rings. The highest BCUT2D eigenvalue weighted by atomic mass is 35.5. The maximum Gasteiger partial charge on any atom is 0.142 e. The number of carbonyl (C=O) groups excluding carboxylic acids is 1. The van der Waals surface area contributed by atoms with Gasteiger partial charge in [-0.15, -0.1) is 0 Å². The van der Waals surface area contributed by atoms with Crippen LogP contribution in [0.25, 0.3) is 0 Å². The molecular weight excluding hydrogens is 159 g/mol. The zero-order valence-electron chi connectivity index (χ0n) is 5.10. The molecule has 0 spiro atoms. The SMILES string of the molecule is C=C(Cl)Cl.CC=CC=O. The van der Waals surface area contributed by atoms with Crippen molar-refractivity contribution in [2.75, 3.05) is 0 Å². The van der Waals surface area contributed by atoms with Gasteiger partial charge in [-0.2, -0.15) is 0 Å². The van der Waals surface area contributed by atoms with Crippen molar-refractivity contribution in [2.24, 2.45) is 0 Å². The lowest BCUT2D eigenvalue weighted by Crippen LogP contribution is -1.50. The van der Waals surface area contributed by atoms with E-state index in [9.17, 15) is 4.79 Å². The van der Waals surface area contributed by atoms with Crippen molar-refractivity contribution >= 4 is 29.5 Å². The fraction of sp³-hybridized carbons (Fsp3) is 0.167. The smallest absolute Gasteiger partial charge is 0.142 e. The van der Waals surface area contributed by atoms with Gasteiger partial charge >= 0.3 is 0 Å². The van der Waals surface area contributed by atoms with Gasteiger partial charge in [0.05, 0.1) is 4.49 Å². The Labute approximate surface area is 65.0 Å². The molecule has 52 valence electrons. The van der Waals surface area contributed by atoms with Gasteiger partial charge in [0.2, 0.25) is 0 Å². The first kappa shape index (κ1) is 11.5. The molecule has 0 saturated carbocycles. The zero-order valence-corrected chi connectivity index (χ0v) is 6.62. The van der Waals surface area contributed by atoms with Crippen molar-refractivity contribution in [2.45, 2.75) is 6.92 Å². The minimum absolute atomic E-state index is 0.111. The van der Waals surface area contributed by atoms with Gasteiger partial charge in [0.1, 0.15) is 6.29 Å². The topological polar surface area (TPSA) is 17.1 Å². The summed E-state index contributed by atoms with van der Waals surface area (Å²) in [6, 6.07) is 0. The molecule has 0 aliphatic heterocycles. The summed E-state index contributed by atoms with van der Waals surface area (Å²) in [4.78, 5) is 9.32. The highest BCUT2D eigenvalue weighted by molar-refractivity contribution is 6.55. The molecule has 0 heterocycles. The van der Waals surface area contributed by atoms with E-state index in [0.717, 1.165) is 6.29 Å². The van der Waals surface area contributed by atoms with Crippen LogP contribution in [0.2, 0.25) is 0 Å². The Bertz CT molecular complexity index is 104. The number of carbonyl (C=O) groups is 1. The molecule has 0 unspecified atom stereocenters. The molecular formula is C6H8Cl2O. The van der Waals surface area contributed by atoms with Crippen molar-refractivity contribution in [1.29, 1.82) is 0 Å². The van der Waals surface area contributed by atoms with Crippen LogP contribution in [-0.4, -0.2) is 6.29 Å². The van der Waals surface area contributed by atoms with E-state index in [0.29, 0.717) is 0 Å². The third kappa shape index (κ3) is 84.8. The standard InChI is InChI=1S/C4H6O.C2H2Cl2/c1-2-3-4-5;1-2(3)4/h2-4H,1H3;1H2. The van der Waals surface area contributed by atoms with E-state index in [-0.39, 0.29) is 4.49 Å². The van der Waals surface area contributed by atoms with Crippen LogP contribution in [0, 0.1) is 0 Å². The number of hydrogen-bond acceptors (Lipinski definition) is 1. The van der Waals surface area contributed by atoms with Gasteiger partial charge in [0, 0.05) is 0 Å². The van der Waals surface area contributed by atoms with E-state index in [1.54, 1.807) is 13.0 Å². The third-order valence-corrected chi connectivity index (χ3v) is 0.271. The largest absolute Gasteiger partial charge is 0.299 e. The fourth-order valence-corrected chi connectivity index (χ4v) is 0.0786. The Balaban J connectivity index is 0. The van der Waals surface area contributed by atoms with Crippen molar-refractivity contribution in [3.8, 4) is 0 Å². The number of allylic oxidation sites excluding steroid dienone is 2. The molecule has 9 heavy (non-hydrogen) atoms. The summed E-state index contributed by atoms with van der Waals surface area (Å²) in [7, 11) is 0. The maximum absolute atomic E-state index is 9.32. The Morgan fingerprint density at radius 2 is 1.89 bits per heavy atom. The maximum atomic E-state index is 9.32. The Morgan fingerprint density at radius 3 is 1.89 bits per heavy atom. The van der Waals surface area contributed by atoms with Gasteiger partial charge in [0.25, 0.3) is 0 Å². The first-order valence-corrected chi connectivity index (χ1v) is 2.97. The fourth-order valence-electron chi connectivity index (χ4n) is 0.0786. The molecule has 1 nitrogen and oxygen atoms in total. The minimum Gasteiger partial charge on any atom is -0.299 e. The van der Waals surface area contributed by atoms with Crippen molar-refractivity contribution in [3.05, 3.63) is 23.2 Å². The van der Waals surface area contributed by atoms with Crippen LogP contribution < -0.4 is 0 Å². The molecule has 3 heteroatoms. The van der Waals surface area contributed by atoms with E-state index < -0.39 is 0 Å². The summed E-state index contributed by atoms with van der Waals surface area (Å²) in [6.45, 7) is 4.89. The van der Waals surface area contributed by atoms with Gasteiger partial charge in [-0.1, -0.05) is 35.9 Å². The first-order valence-electron chi connectivity index (χ1n) is 2.21. The molecule has 0 amide bonds. The van der Waals surface area contributed by atoms with E-state index in [1.807, 2.05) is 0 Å². The Hall–Kier alpha value is -0.270. The van der Waals surface area contributed by atoms with Gasteiger partial charge in [-0.05, 0) is 13.0 Å². The predicted molar refractivity (Wildman–Crippen MR) is 41.7 cm³/mol. The number of aldehydes is 1. The van der Waals surface area contributed by atoms with E-state index in [4.69, 9.17) is 23.2 Å². The molecule has 0 atom stereocenters. The lowest BCUT2D eigenvalue weighted by Gasteiger charge is -1.57. The predicted octanol–water partition coefficient (Wildman–Crippen LogP) is 2.70. The van der Waals surface area contributed by atoms with Crippen LogP contribution in [0.3, 0.4) is 0 Å². The second kappa shape index (κ2) is 10.7. The highest BCUT2D eigenvalue weighted by Gasteiger charge is 1.60. The van der Waals surface area contributed by atoms with Crippen LogP contribution in [0.15, 0.2) is 23.2 Å². The van der Waals surface area contributed by atoms with Gasteiger partial charge in [0.15, 0.2) is 0 Å². The molecule has 0 saturated heterocycles. The average molecular weight is 167 g/mol. The summed E-state index contributed by atoms with van der Waals surface area (Å²) in [5.74, 6) is 0. The monoisotopic (exact) mass is 166 g/mol. The summed E-state index contributed by atoms with van der Waals surface area (Å²) in [6.07, 6.45) is 3.88. The second-order valence-electron chi connectivity index (χ2n) is 1.00. The Kier molecular flexibility index (Phi) is 13.6. The van der Waals surface area contributed by atoms with E-state index >= 15 is 0 Å². The Morgan fingerprint density at radius 1 is 1.56 bits per heavy atom. The summed E-state index contributed by atoms with van der Waals surface area (Å²) >= 11 is 9.69. The van der Waals surface area contributed by atoms with E-state index in [1.165, 1.54) is 6.08 Å². The molecule has 0 bridgehead atoms. The summed E-state index contributed by atoms with van der Waals surface area (Å²) in [5.41, 5.74) is 0. The molecule has 0 aromatic carbocycles. The number of halogens is 2. The van der Waals surface area contributed by atoms with Crippen LogP contribution in [-0.2, 0) is 4.79 Å². The average Bonchev–Trinajstić information content (AvgIpc) is 1.66. The molecule has 0 aliphatic carbocycles. The molecule has 0 aromatic heterocycles. The minimum atomic E-state index is 0.111. The molecule has 0 radical (unpaired) electrons. The van der Waals surface area contributed by atoms with Crippen molar-refractivity contribution in [1.82, 2.24) is 0 Å².